The Morgan fingerprint density at radius 1 is 0.420 bits per heavy atom. The largest absolute Gasteiger partial charge is 0.339 e. The van der Waals surface area contributed by atoms with Crippen molar-refractivity contribution in [2.24, 2.45) is 8.80 Å². The van der Waals surface area contributed by atoms with Crippen LogP contribution in [0.1, 0.15) is 22.3 Å². The first-order valence-corrected chi connectivity index (χ1v) is 18.6. The number of benzene rings is 6. The van der Waals surface area contributed by atoms with Gasteiger partial charge in [0.2, 0.25) is 0 Å². The van der Waals surface area contributed by atoms with Gasteiger partial charge in [0.15, 0.2) is 11.7 Å². The Balaban J connectivity index is 1.22. The first-order chi connectivity index (χ1) is 24.1. The second-order valence-electron chi connectivity index (χ2n) is 11.6. The van der Waals surface area contributed by atoms with Crippen LogP contribution in [0.4, 0.5) is 11.4 Å². The normalized spacial score (nSPS) is 12.4. The van der Waals surface area contributed by atoms with Gasteiger partial charge in [-0.05, 0) is 73.5 Å². The molecule has 0 aliphatic carbocycles. The van der Waals surface area contributed by atoms with Gasteiger partial charge >= 0.3 is 0 Å². The highest BCUT2D eigenvalue weighted by Gasteiger charge is 2.17. The smallest absolute Gasteiger partial charge is 0.284 e. The van der Waals surface area contributed by atoms with Crippen molar-refractivity contribution in [2.75, 3.05) is 10.6 Å². The number of amidine groups is 2. The highest BCUT2D eigenvalue weighted by atomic mass is 32.2. The summed E-state index contributed by atoms with van der Waals surface area (Å²) in [4.78, 5) is 0.225. The molecule has 0 atom stereocenters. The summed E-state index contributed by atoms with van der Waals surface area (Å²) >= 11 is 0. The van der Waals surface area contributed by atoms with Crippen molar-refractivity contribution < 1.29 is 16.8 Å². The van der Waals surface area contributed by atoms with Gasteiger partial charge in [-0.2, -0.15) is 16.8 Å². The van der Waals surface area contributed by atoms with Crippen molar-refractivity contribution in [3.05, 3.63) is 180 Å². The minimum Gasteiger partial charge on any atom is -0.339 e. The Labute approximate surface area is 293 Å². The first-order valence-electron chi connectivity index (χ1n) is 15.7. The molecule has 6 rings (SSSR count). The molecule has 0 amide bonds. The molecule has 0 radical (unpaired) electrons. The monoisotopic (exact) mass is 698 g/mol. The lowest BCUT2D eigenvalue weighted by Crippen LogP contribution is -2.16. The summed E-state index contributed by atoms with van der Waals surface area (Å²) in [5.74, 6) is 0.407. The summed E-state index contributed by atoms with van der Waals surface area (Å²) in [6.07, 6.45) is 0. The zero-order chi connectivity index (χ0) is 35.1. The van der Waals surface area contributed by atoms with Gasteiger partial charge in [-0.3, -0.25) is 0 Å². The van der Waals surface area contributed by atoms with Crippen molar-refractivity contribution >= 4 is 43.1 Å². The number of sulfonamides is 2. The van der Waals surface area contributed by atoms with Crippen LogP contribution in [0.5, 0.6) is 0 Å². The molecule has 6 aromatic carbocycles. The lowest BCUT2D eigenvalue weighted by molar-refractivity contribution is 0.596. The van der Waals surface area contributed by atoms with E-state index in [2.05, 4.69) is 19.4 Å². The molecule has 6 aromatic rings. The van der Waals surface area contributed by atoms with Crippen LogP contribution in [0, 0.1) is 13.8 Å². The van der Waals surface area contributed by atoms with E-state index in [1.54, 1.807) is 72.8 Å². The van der Waals surface area contributed by atoms with Gasteiger partial charge in [-0.25, -0.2) is 0 Å². The molecular formula is C40H34N4O4S2. The van der Waals surface area contributed by atoms with Gasteiger partial charge in [0.05, 0.1) is 9.79 Å². The Bertz CT molecular complexity index is 2190. The minimum atomic E-state index is -3.97. The molecule has 0 spiro atoms. The fourth-order valence-corrected chi connectivity index (χ4v) is 6.97. The van der Waals surface area contributed by atoms with Crippen LogP contribution in [0.2, 0.25) is 0 Å². The maximum Gasteiger partial charge on any atom is 0.284 e. The number of rotatable bonds is 9. The van der Waals surface area contributed by atoms with Crippen LogP contribution in [0.25, 0.3) is 11.1 Å². The average molecular weight is 699 g/mol. The lowest BCUT2D eigenvalue weighted by Gasteiger charge is -2.13. The van der Waals surface area contributed by atoms with Crippen molar-refractivity contribution in [1.82, 2.24) is 0 Å². The molecule has 0 aliphatic rings. The van der Waals surface area contributed by atoms with Gasteiger partial charge in [-0.1, -0.05) is 120 Å². The summed E-state index contributed by atoms with van der Waals surface area (Å²) in [6.45, 7) is 3.79. The Kier molecular flexibility index (Phi) is 10.0. The summed E-state index contributed by atoms with van der Waals surface area (Å²) in [7, 11) is -7.95. The van der Waals surface area contributed by atoms with E-state index in [0.717, 1.165) is 22.3 Å². The molecular weight excluding hydrogens is 665 g/mol. The minimum absolute atomic E-state index is 0.113. The average Bonchev–Trinajstić information content (AvgIpc) is 3.13. The summed E-state index contributed by atoms with van der Waals surface area (Å²) in [6, 6.07) is 46.5. The van der Waals surface area contributed by atoms with Crippen molar-refractivity contribution in [3.63, 3.8) is 0 Å². The van der Waals surface area contributed by atoms with Crippen LogP contribution < -0.4 is 10.6 Å². The second kappa shape index (κ2) is 14.7. The van der Waals surface area contributed by atoms with E-state index in [1.807, 2.05) is 98.8 Å². The quantitative estimate of drug-likeness (QED) is 0.116. The van der Waals surface area contributed by atoms with Crippen molar-refractivity contribution in [2.45, 2.75) is 23.6 Å². The Morgan fingerprint density at radius 3 is 1.06 bits per heavy atom. The predicted molar refractivity (Wildman–Crippen MR) is 202 cm³/mol. The Morgan fingerprint density at radius 2 is 0.740 bits per heavy atom. The topological polar surface area (TPSA) is 117 Å². The maximum absolute atomic E-state index is 13.2. The van der Waals surface area contributed by atoms with Crippen LogP contribution in [0.15, 0.2) is 176 Å². The van der Waals surface area contributed by atoms with E-state index < -0.39 is 20.0 Å². The molecule has 0 unspecified atom stereocenters. The number of nitrogens with one attached hydrogen (secondary N) is 2. The molecule has 0 fully saturated rings. The van der Waals surface area contributed by atoms with Gasteiger partial charge in [0.1, 0.15) is 0 Å². The fourth-order valence-electron chi connectivity index (χ4n) is 5.02. The second-order valence-corrected chi connectivity index (χ2v) is 14.8. The highest BCUT2D eigenvalue weighted by molar-refractivity contribution is 7.90. The van der Waals surface area contributed by atoms with E-state index in [0.29, 0.717) is 22.5 Å². The predicted octanol–water partition coefficient (Wildman–Crippen LogP) is 8.47. The number of aryl methyl sites for hydroxylation is 2. The third-order valence-electron chi connectivity index (χ3n) is 7.78. The SMILES string of the molecule is Cc1ccc(S(=O)(=O)N=C(Nc2ccc(-c3ccc(NC(=NS(=O)(=O)c4ccc(C)cc4)c4ccccc4)cc3)cc2)c2ccccc2)cc1. The molecule has 0 saturated carbocycles. The van der Waals surface area contributed by atoms with Crippen molar-refractivity contribution in [3.8, 4) is 11.1 Å². The van der Waals surface area contributed by atoms with Gasteiger partial charge in [-0.15, -0.1) is 8.80 Å². The van der Waals surface area contributed by atoms with E-state index in [4.69, 9.17) is 0 Å². The van der Waals surface area contributed by atoms with Gasteiger partial charge in [0, 0.05) is 22.5 Å². The zero-order valence-electron chi connectivity index (χ0n) is 27.4. The third kappa shape index (κ3) is 8.41. The number of nitrogens with zero attached hydrogens (tertiary/aromatic N) is 2. The maximum atomic E-state index is 13.2. The summed E-state index contributed by atoms with van der Waals surface area (Å²) in [5, 5.41) is 6.38. The third-order valence-corrected chi connectivity index (χ3v) is 10.4. The van der Waals surface area contributed by atoms with Crippen molar-refractivity contribution in [1.29, 1.82) is 0 Å². The summed E-state index contributed by atoms with van der Waals surface area (Å²) in [5.41, 5.74) is 6.32. The standard InChI is InChI=1S/C40H34N4O4S2/c1-29-13-25-37(26-14-29)49(45,46)43-39(33-9-5-3-6-10-33)41-35-21-17-31(18-22-35)32-19-23-36(24-20-32)42-40(34-11-7-4-8-12-34)44-50(47,48)38-27-15-30(2)16-28-38/h3-28H,1-2H3,(H,41,43)(H,42,44). The molecule has 250 valence electrons. The number of hydrogen-bond acceptors (Lipinski definition) is 4. The number of anilines is 2. The van der Waals surface area contributed by atoms with Crippen LogP contribution >= 0.6 is 0 Å². The van der Waals surface area contributed by atoms with Crippen LogP contribution in [-0.2, 0) is 20.0 Å². The molecule has 0 aliphatic heterocycles. The zero-order valence-corrected chi connectivity index (χ0v) is 29.0. The molecule has 10 heteroatoms. The molecule has 0 heterocycles. The van der Waals surface area contributed by atoms with Gasteiger partial charge < -0.3 is 10.6 Å². The molecule has 8 nitrogen and oxygen atoms in total. The van der Waals surface area contributed by atoms with Gasteiger partial charge in [0.25, 0.3) is 20.0 Å². The molecule has 0 aromatic heterocycles. The van der Waals surface area contributed by atoms with E-state index >= 15 is 0 Å². The highest BCUT2D eigenvalue weighted by Crippen LogP contribution is 2.25. The lowest BCUT2D eigenvalue weighted by atomic mass is 10.0. The first kappa shape index (κ1) is 34.0. The molecule has 50 heavy (non-hydrogen) atoms. The fraction of sp³-hybridized carbons (Fsp3) is 0.0500. The molecule has 0 bridgehead atoms. The van der Waals surface area contributed by atoms with E-state index in [9.17, 15) is 16.8 Å². The van der Waals surface area contributed by atoms with Crippen LogP contribution in [-0.4, -0.2) is 28.5 Å². The Hall–Kier alpha value is -5.84. The summed E-state index contributed by atoms with van der Waals surface area (Å²) < 4.78 is 61.2. The molecule has 0 saturated heterocycles. The molecule has 2 N–H and O–H groups in total. The van der Waals surface area contributed by atoms with Crippen LogP contribution in [0.3, 0.4) is 0 Å². The number of hydrogen-bond donors (Lipinski definition) is 2. The van der Waals surface area contributed by atoms with E-state index in [-0.39, 0.29) is 21.5 Å². The van der Waals surface area contributed by atoms with E-state index in [1.165, 1.54) is 0 Å².